The van der Waals surface area contributed by atoms with Crippen molar-refractivity contribution in [2.45, 2.75) is 6.61 Å². The van der Waals surface area contributed by atoms with Gasteiger partial charge in [0.05, 0.1) is 27.8 Å². The summed E-state index contributed by atoms with van der Waals surface area (Å²) in [6.45, 7) is 0.357. The smallest absolute Gasteiger partial charge is 0.279 e. The van der Waals surface area contributed by atoms with Crippen LogP contribution < -0.4 is 10.3 Å². The first-order chi connectivity index (χ1) is 13.8. The number of hydrogen-bond donors (Lipinski definition) is 1. The van der Waals surface area contributed by atoms with Crippen molar-refractivity contribution in [2.75, 3.05) is 0 Å². The Kier molecular flexibility index (Phi) is 3.91. The number of H-pyrrole nitrogens is 1. The standard InChI is InChI=1S/C23H17N3O2/c27-23-20-9-2-4-11-22(20)25-26(23)18-7-5-8-19(14-18)28-15-17-13-12-16-6-1-3-10-21(16)24-17/h1-14,25H,15H2. The summed E-state index contributed by atoms with van der Waals surface area (Å²) >= 11 is 0. The summed E-state index contributed by atoms with van der Waals surface area (Å²) in [6.07, 6.45) is 0. The van der Waals surface area contributed by atoms with Crippen molar-refractivity contribution in [3.05, 3.63) is 101 Å². The Bertz CT molecular complexity index is 1350. The van der Waals surface area contributed by atoms with E-state index in [0.717, 1.165) is 27.8 Å². The van der Waals surface area contributed by atoms with E-state index in [2.05, 4.69) is 10.1 Å². The van der Waals surface area contributed by atoms with Crippen LogP contribution in [0.5, 0.6) is 5.75 Å². The van der Waals surface area contributed by atoms with Crippen LogP contribution in [0, 0.1) is 0 Å². The summed E-state index contributed by atoms with van der Waals surface area (Å²) in [5, 5.41) is 4.90. The van der Waals surface area contributed by atoms with Gasteiger partial charge in [0, 0.05) is 11.5 Å². The van der Waals surface area contributed by atoms with Gasteiger partial charge in [-0.1, -0.05) is 42.5 Å². The molecule has 1 N–H and O–H groups in total. The van der Waals surface area contributed by atoms with Gasteiger partial charge in [0.25, 0.3) is 5.56 Å². The number of rotatable bonds is 4. The van der Waals surface area contributed by atoms with Crippen LogP contribution in [0.15, 0.2) is 89.7 Å². The minimum Gasteiger partial charge on any atom is -0.487 e. The summed E-state index contributed by atoms with van der Waals surface area (Å²) in [7, 11) is 0. The number of fused-ring (bicyclic) bond motifs is 2. The molecule has 0 aliphatic heterocycles. The van der Waals surface area contributed by atoms with Gasteiger partial charge in [0.2, 0.25) is 0 Å². The maximum absolute atomic E-state index is 12.6. The van der Waals surface area contributed by atoms with E-state index in [-0.39, 0.29) is 5.56 Å². The van der Waals surface area contributed by atoms with Crippen LogP contribution >= 0.6 is 0 Å². The van der Waals surface area contributed by atoms with E-state index in [0.29, 0.717) is 17.7 Å². The van der Waals surface area contributed by atoms with E-state index in [1.165, 1.54) is 4.68 Å². The Morgan fingerprint density at radius 1 is 0.893 bits per heavy atom. The van der Waals surface area contributed by atoms with Gasteiger partial charge in [0.15, 0.2) is 0 Å². The van der Waals surface area contributed by atoms with Crippen molar-refractivity contribution >= 4 is 21.8 Å². The number of nitrogens with one attached hydrogen (secondary N) is 1. The lowest BCUT2D eigenvalue weighted by Crippen LogP contribution is -2.14. The van der Waals surface area contributed by atoms with Crippen LogP contribution in [0.4, 0.5) is 0 Å². The van der Waals surface area contributed by atoms with Gasteiger partial charge < -0.3 is 4.74 Å². The zero-order valence-corrected chi connectivity index (χ0v) is 15.0. The number of pyridine rings is 1. The molecule has 28 heavy (non-hydrogen) atoms. The highest BCUT2D eigenvalue weighted by molar-refractivity contribution is 5.79. The molecule has 0 aliphatic carbocycles. The summed E-state index contributed by atoms with van der Waals surface area (Å²) in [5.74, 6) is 0.679. The molecule has 3 aromatic carbocycles. The monoisotopic (exact) mass is 367 g/mol. The van der Waals surface area contributed by atoms with Gasteiger partial charge in [-0.15, -0.1) is 0 Å². The lowest BCUT2D eigenvalue weighted by Gasteiger charge is -2.08. The first kappa shape index (κ1) is 16.3. The molecule has 0 atom stereocenters. The largest absolute Gasteiger partial charge is 0.487 e. The van der Waals surface area contributed by atoms with Gasteiger partial charge in [-0.2, -0.15) is 0 Å². The molecule has 0 bridgehead atoms. The van der Waals surface area contributed by atoms with Crippen LogP contribution in [0.2, 0.25) is 0 Å². The number of benzene rings is 3. The lowest BCUT2D eigenvalue weighted by atomic mass is 10.2. The maximum atomic E-state index is 12.6. The van der Waals surface area contributed by atoms with E-state index in [1.54, 1.807) is 0 Å². The highest BCUT2D eigenvalue weighted by atomic mass is 16.5. The third-order valence-corrected chi connectivity index (χ3v) is 4.71. The summed E-state index contributed by atoms with van der Waals surface area (Å²) < 4.78 is 7.46. The Labute approximate surface area is 160 Å². The average molecular weight is 367 g/mol. The van der Waals surface area contributed by atoms with Gasteiger partial charge >= 0.3 is 0 Å². The van der Waals surface area contributed by atoms with Crippen molar-refractivity contribution in [2.24, 2.45) is 0 Å². The first-order valence-electron chi connectivity index (χ1n) is 9.06. The predicted octanol–water partition coefficient (Wildman–Crippen LogP) is 4.45. The Hall–Kier alpha value is -3.86. The fraction of sp³-hybridized carbons (Fsp3) is 0.0435. The second-order valence-electron chi connectivity index (χ2n) is 6.58. The van der Waals surface area contributed by atoms with Crippen molar-refractivity contribution in [1.82, 2.24) is 14.8 Å². The predicted molar refractivity (Wildman–Crippen MR) is 110 cm³/mol. The number of ether oxygens (including phenoxy) is 1. The van der Waals surface area contributed by atoms with Gasteiger partial charge in [-0.25, -0.2) is 9.67 Å². The van der Waals surface area contributed by atoms with Crippen molar-refractivity contribution < 1.29 is 4.74 Å². The normalized spacial score (nSPS) is 11.1. The lowest BCUT2D eigenvalue weighted by molar-refractivity contribution is 0.301. The number of aromatic amines is 1. The van der Waals surface area contributed by atoms with E-state index in [1.807, 2.05) is 84.9 Å². The molecule has 0 radical (unpaired) electrons. The van der Waals surface area contributed by atoms with Crippen molar-refractivity contribution in [3.8, 4) is 11.4 Å². The van der Waals surface area contributed by atoms with Gasteiger partial charge in [-0.05, 0) is 36.4 Å². The molecule has 0 aliphatic rings. The third kappa shape index (κ3) is 2.93. The Morgan fingerprint density at radius 2 is 1.75 bits per heavy atom. The molecule has 5 heteroatoms. The zero-order valence-electron chi connectivity index (χ0n) is 15.0. The second-order valence-corrected chi connectivity index (χ2v) is 6.58. The van der Waals surface area contributed by atoms with Crippen molar-refractivity contribution in [1.29, 1.82) is 0 Å². The molecule has 0 saturated carbocycles. The van der Waals surface area contributed by atoms with Crippen molar-refractivity contribution in [3.63, 3.8) is 0 Å². The SMILES string of the molecule is O=c1c2ccccc2[nH]n1-c1cccc(OCc2ccc3ccccc3n2)c1. The van der Waals surface area contributed by atoms with Crippen LogP contribution in [0.25, 0.3) is 27.5 Å². The summed E-state index contributed by atoms with van der Waals surface area (Å²) in [6, 6.07) is 26.9. The molecule has 2 heterocycles. The highest BCUT2D eigenvalue weighted by Crippen LogP contribution is 2.19. The van der Waals surface area contributed by atoms with Gasteiger partial charge in [0.1, 0.15) is 12.4 Å². The van der Waals surface area contributed by atoms with Crippen LogP contribution in [0.3, 0.4) is 0 Å². The molecule has 0 unspecified atom stereocenters. The fourth-order valence-corrected chi connectivity index (χ4v) is 3.30. The number of para-hydroxylation sites is 2. The van der Waals surface area contributed by atoms with Gasteiger partial charge in [-0.3, -0.25) is 9.89 Å². The summed E-state index contributed by atoms with van der Waals surface area (Å²) in [4.78, 5) is 17.3. The average Bonchev–Trinajstić information content (AvgIpc) is 3.09. The van der Waals surface area contributed by atoms with E-state index >= 15 is 0 Å². The fourth-order valence-electron chi connectivity index (χ4n) is 3.30. The molecule has 0 amide bonds. The minimum absolute atomic E-state index is 0.0797. The number of aromatic nitrogens is 3. The van der Waals surface area contributed by atoms with Crippen LogP contribution in [-0.2, 0) is 6.61 Å². The van der Waals surface area contributed by atoms with Crippen LogP contribution in [0.1, 0.15) is 5.69 Å². The Balaban J connectivity index is 1.42. The molecule has 2 aromatic heterocycles. The molecule has 0 spiro atoms. The quantitative estimate of drug-likeness (QED) is 0.511. The Morgan fingerprint density at radius 3 is 2.68 bits per heavy atom. The third-order valence-electron chi connectivity index (χ3n) is 4.71. The second kappa shape index (κ2) is 6.70. The zero-order chi connectivity index (χ0) is 18.9. The highest BCUT2D eigenvalue weighted by Gasteiger charge is 2.08. The molecule has 5 rings (SSSR count). The molecule has 136 valence electrons. The molecule has 5 nitrogen and oxygen atoms in total. The maximum Gasteiger partial charge on any atom is 0.279 e. The first-order valence-corrected chi connectivity index (χ1v) is 9.06. The molecule has 0 fully saturated rings. The number of hydrogen-bond acceptors (Lipinski definition) is 3. The van der Waals surface area contributed by atoms with E-state index in [9.17, 15) is 4.79 Å². The molecule has 0 saturated heterocycles. The van der Waals surface area contributed by atoms with E-state index < -0.39 is 0 Å². The van der Waals surface area contributed by atoms with Crippen LogP contribution in [-0.4, -0.2) is 14.8 Å². The van der Waals surface area contributed by atoms with E-state index in [4.69, 9.17) is 4.74 Å². The molecular formula is C23H17N3O2. The molecule has 5 aromatic rings. The number of nitrogens with zero attached hydrogens (tertiary/aromatic N) is 2. The topological polar surface area (TPSA) is 59.9 Å². The summed E-state index contributed by atoms with van der Waals surface area (Å²) in [5.41, 5.74) is 3.25. The molecular weight excluding hydrogens is 350 g/mol. The minimum atomic E-state index is -0.0797.